The lowest BCUT2D eigenvalue weighted by atomic mass is 10.1. The van der Waals surface area contributed by atoms with Crippen LogP contribution in [0.25, 0.3) is 11.4 Å². The van der Waals surface area contributed by atoms with Crippen LogP contribution in [-0.4, -0.2) is 22.7 Å². The molecule has 0 N–H and O–H groups in total. The molecule has 0 saturated carbocycles. The molecule has 1 atom stereocenters. The summed E-state index contributed by atoms with van der Waals surface area (Å²) in [5, 5.41) is 0. The van der Waals surface area contributed by atoms with Crippen molar-refractivity contribution in [2.45, 2.75) is 84.7 Å². The minimum absolute atomic E-state index is 0.190. The van der Waals surface area contributed by atoms with E-state index in [4.69, 9.17) is 9.47 Å². The molecule has 0 radical (unpaired) electrons. The molecular formula is C26H38N2O2. The number of nitrogens with zero attached hydrogens (tertiary/aromatic N) is 2. The predicted molar refractivity (Wildman–Crippen MR) is 125 cm³/mol. The van der Waals surface area contributed by atoms with E-state index in [0.29, 0.717) is 5.82 Å². The second kappa shape index (κ2) is 14.6. The van der Waals surface area contributed by atoms with Crippen LogP contribution in [0.15, 0.2) is 48.8 Å². The van der Waals surface area contributed by atoms with Gasteiger partial charge in [-0.05, 0) is 69.7 Å². The Morgan fingerprint density at radius 2 is 1.63 bits per heavy atom. The van der Waals surface area contributed by atoms with Crippen molar-refractivity contribution >= 4 is 0 Å². The van der Waals surface area contributed by atoms with E-state index in [0.717, 1.165) is 55.8 Å². The number of allylic oxidation sites excluding steroid dienone is 2. The van der Waals surface area contributed by atoms with E-state index in [1.54, 1.807) is 12.4 Å². The molecule has 164 valence electrons. The van der Waals surface area contributed by atoms with E-state index in [1.165, 1.54) is 25.7 Å². The van der Waals surface area contributed by atoms with Crippen LogP contribution in [0.3, 0.4) is 0 Å². The van der Waals surface area contributed by atoms with Gasteiger partial charge in [0, 0.05) is 5.56 Å². The van der Waals surface area contributed by atoms with Gasteiger partial charge in [-0.3, -0.25) is 0 Å². The van der Waals surface area contributed by atoms with Gasteiger partial charge in [0.05, 0.1) is 25.1 Å². The quantitative estimate of drug-likeness (QED) is 0.227. The summed E-state index contributed by atoms with van der Waals surface area (Å²) in [6, 6.07) is 7.98. The van der Waals surface area contributed by atoms with Crippen molar-refractivity contribution in [1.29, 1.82) is 0 Å². The van der Waals surface area contributed by atoms with Crippen molar-refractivity contribution in [3.8, 4) is 22.9 Å². The third-order valence-corrected chi connectivity index (χ3v) is 4.98. The van der Waals surface area contributed by atoms with Crippen LogP contribution < -0.4 is 9.47 Å². The van der Waals surface area contributed by atoms with E-state index < -0.39 is 0 Å². The molecule has 0 bridgehead atoms. The second-order valence-corrected chi connectivity index (χ2v) is 7.77. The molecule has 0 aliphatic carbocycles. The minimum atomic E-state index is 0.190. The molecule has 2 rings (SSSR count). The van der Waals surface area contributed by atoms with Gasteiger partial charge in [0.2, 0.25) is 0 Å². The van der Waals surface area contributed by atoms with E-state index in [1.807, 2.05) is 24.3 Å². The topological polar surface area (TPSA) is 44.2 Å². The first-order valence-corrected chi connectivity index (χ1v) is 11.6. The number of unbranched alkanes of at least 4 members (excludes halogenated alkanes) is 5. The monoisotopic (exact) mass is 410 g/mol. The van der Waals surface area contributed by atoms with Gasteiger partial charge >= 0.3 is 0 Å². The predicted octanol–water partition coefficient (Wildman–Crippen LogP) is 7.40. The lowest BCUT2D eigenvalue weighted by molar-refractivity contribution is 0.205. The van der Waals surface area contributed by atoms with Crippen LogP contribution in [0.2, 0.25) is 0 Å². The maximum atomic E-state index is 5.94. The molecule has 1 heterocycles. The fourth-order valence-electron chi connectivity index (χ4n) is 3.21. The summed E-state index contributed by atoms with van der Waals surface area (Å²) in [6.07, 6.45) is 18.8. The van der Waals surface area contributed by atoms with Gasteiger partial charge < -0.3 is 9.47 Å². The first-order chi connectivity index (χ1) is 14.7. The second-order valence-electron chi connectivity index (χ2n) is 7.77. The molecule has 0 aliphatic heterocycles. The van der Waals surface area contributed by atoms with Crippen molar-refractivity contribution in [2.75, 3.05) is 6.61 Å². The highest BCUT2D eigenvalue weighted by Gasteiger charge is 2.07. The average Bonchev–Trinajstić information content (AvgIpc) is 2.77. The van der Waals surface area contributed by atoms with Gasteiger partial charge in [0.1, 0.15) is 5.75 Å². The van der Waals surface area contributed by atoms with Crippen molar-refractivity contribution in [3.63, 3.8) is 0 Å². The zero-order valence-electron chi connectivity index (χ0n) is 19.0. The highest BCUT2D eigenvalue weighted by atomic mass is 16.5. The highest BCUT2D eigenvalue weighted by molar-refractivity contribution is 5.56. The molecule has 0 aliphatic rings. The summed E-state index contributed by atoms with van der Waals surface area (Å²) >= 11 is 0. The highest BCUT2D eigenvalue weighted by Crippen LogP contribution is 2.21. The summed E-state index contributed by atoms with van der Waals surface area (Å²) in [5.74, 6) is 2.32. The Bertz CT molecular complexity index is 711. The Kier molecular flexibility index (Phi) is 11.6. The average molecular weight is 411 g/mol. The van der Waals surface area contributed by atoms with Crippen LogP contribution in [-0.2, 0) is 0 Å². The fourth-order valence-corrected chi connectivity index (χ4v) is 3.21. The lowest BCUT2D eigenvalue weighted by Gasteiger charge is -2.14. The van der Waals surface area contributed by atoms with Crippen molar-refractivity contribution in [3.05, 3.63) is 48.8 Å². The fraction of sp³-hybridized carbons (Fsp3) is 0.538. The summed E-state index contributed by atoms with van der Waals surface area (Å²) < 4.78 is 11.8. The maximum Gasteiger partial charge on any atom is 0.159 e. The summed E-state index contributed by atoms with van der Waals surface area (Å²) in [4.78, 5) is 8.94. The van der Waals surface area contributed by atoms with Crippen molar-refractivity contribution < 1.29 is 9.47 Å². The number of benzene rings is 1. The van der Waals surface area contributed by atoms with Gasteiger partial charge in [0.25, 0.3) is 0 Å². The maximum absolute atomic E-state index is 5.94. The SMILES string of the molecule is CCC=CCCCCOc1ccc(-c2ncc(O[C@@H](C)CCCCCC)cn2)cc1. The molecule has 4 heteroatoms. The standard InChI is InChI=1S/C26H38N2O2/c1-4-6-8-10-11-13-19-29-24-17-15-23(16-18-24)26-27-20-25(21-28-26)30-22(3)14-12-9-7-5-2/h6,8,15-18,20-22H,4-5,7,9-14,19H2,1-3H3/t22-/m0/s1. The number of hydrogen-bond donors (Lipinski definition) is 0. The van der Waals surface area contributed by atoms with Crippen LogP contribution in [0.5, 0.6) is 11.5 Å². The summed E-state index contributed by atoms with van der Waals surface area (Å²) in [5.41, 5.74) is 0.978. The van der Waals surface area contributed by atoms with Gasteiger partial charge in [-0.15, -0.1) is 0 Å². The number of rotatable bonds is 15. The zero-order valence-corrected chi connectivity index (χ0v) is 19.0. The van der Waals surface area contributed by atoms with E-state index in [-0.39, 0.29) is 6.10 Å². The number of hydrogen-bond acceptors (Lipinski definition) is 4. The third kappa shape index (κ3) is 9.43. The Morgan fingerprint density at radius 1 is 0.867 bits per heavy atom. The molecule has 1 aromatic carbocycles. The molecule has 0 amide bonds. The molecule has 0 spiro atoms. The van der Waals surface area contributed by atoms with Crippen molar-refractivity contribution in [1.82, 2.24) is 9.97 Å². The molecule has 0 unspecified atom stereocenters. The van der Waals surface area contributed by atoms with Gasteiger partial charge in [0.15, 0.2) is 11.6 Å². The normalized spacial score (nSPS) is 12.2. The molecular weight excluding hydrogens is 372 g/mol. The largest absolute Gasteiger partial charge is 0.494 e. The summed E-state index contributed by atoms with van der Waals surface area (Å²) in [6.45, 7) is 7.25. The van der Waals surface area contributed by atoms with E-state index in [9.17, 15) is 0 Å². The van der Waals surface area contributed by atoms with E-state index in [2.05, 4.69) is 42.9 Å². The van der Waals surface area contributed by atoms with Crippen molar-refractivity contribution in [2.24, 2.45) is 0 Å². The molecule has 4 nitrogen and oxygen atoms in total. The summed E-state index contributed by atoms with van der Waals surface area (Å²) in [7, 11) is 0. The number of aromatic nitrogens is 2. The minimum Gasteiger partial charge on any atom is -0.494 e. The lowest BCUT2D eigenvalue weighted by Crippen LogP contribution is -2.12. The van der Waals surface area contributed by atoms with Gasteiger partial charge in [-0.25, -0.2) is 9.97 Å². The van der Waals surface area contributed by atoms with Gasteiger partial charge in [-0.1, -0.05) is 45.3 Å². The molecule has 1 aromatic heterocycles. The van der Waals surface area contributed by atoms with Crippen LogP contribution >= 0.6 is 0 Å². The zero-order chi connectivity index (χ0) is 21.4. The van der Waals surface area contributed by atoms with E-state index >= 15 is 0 Å². The Morgan fingerprint density at radius 3 is 2.33 bits per heavy atom. The van der Waals surface area contributed by atoms with Crippen LogP contribution in [0, 0.1) is 0 Å². The third-order valence-electron chi connectivity index (χ3n) is 4.98. The van der Waals surface area contributed by atoms with Crippen LogP contribution in [0.1, 0.15) is 78.6 Å². The number of ether oxygens (including phenoxy) is 2. The molecule has 0 fully saturated rings. The molecule has 2 aromatic rings. The first-order valence-electron chi connectivity index (χ1n) is 11.6. The van der Waals surface area contributed by atoms with Gasteiger partial charge in [-0.2, -0.15) is 0 Å². The first kappa shape index (κ1) is 23.9. The smallest absolute Gasteiger partial charge is 0.159 e. The molecule has 30 heavy (non-hydrogen) atoms. The Hall–Kier alpha value is -2.36. The van der Waals surface area contributed by atoms with Crippen LogP contribution in [0.4, 0.5) is 0 Å². The Labute approximate surface area is 182 Å². The Balaban J connectivity index is 1.74. The molecule has 0 saturated heterocycles.